The normalized spacial score (nSPS) is 18.4. The number of carbonyl (C=O) groups excluding carboxylic acids is 2. The standard InChI is InChI=1S/C21H23ClN4O2/c1-15(21(28)26-14-20(27)23-17-7-3-5-9-19(17)26)24-10-12-25(13-11-24)18-8-4-2-6-16(18)22/h2-9,15H,10-14H2,1H3,(H,23,27)/t15-/m1/s1. The van der Waals surface area contributed by atoms with E-state index in [9.17, 15) is 9.59 Å². The predicted molar refractivity (Wildman–Crippen MR) is 112 cm³/mol. The van der Waals surface area contributed by atoms with Crippen molar-refractivity contribution in [2.45, 2.75) is 13.0 Å². The molecule has 1 N–H and O–H groups in total. The van der Waals surface area contributed by atoms with Crippen LogP contribution in [-0.4, -0.2) is 55.5 Å². The van der Waals surface area contributed by atoms with Gasteiger partial charge in [0.05, 0.1) is 28.1 Å². The molecule has 28 heavy (non-hydrogen) atoms. The zero-order valence-corrected chi connectivity index (χ0v) is 16.5. The minimum Gasteiger partial charge on any atom is -0.368 e. The Morgan fingerprint density at radius 1 is 1.00 bits per heavy atom. The van der Waals surface area contributed by atoms with Crippen LogP contribution in [0.5, 0.6) is 0 Å². The smallest absolute Gasteiger partial charge is 0.244 e. The van der Waals surface area contributed by atoms with Crippen molar-refractivity contribution in [1.29, 1.82) is 0 Å². The summed E-state index contributed by atoms with van der Waals surface area (Å²) in [6.45, 7) is 5.11. The second-order valence-electron chi connectivity index (χ2n) is 7.14. The van der Waals surface area contributed by atoms with E-state index in [4.69, 9.17) is 11.6 Å². The van der Waals surface area contributed by atoms with Crippen LogP contribution in [-0.2, 0) is 9.59 Å². The first-order chi connectivity index (χ1) is 13.5. The number of nitrogens with zero attached hydrogens (tertiary/aromatic N) is 3. The van der Waals surface area contributed by atoms with Crippen LogP contribution in [0, 0.1) is 0 Å². The number of rotatable bonds is 3. The Bertz CT molecular complexity index is 895. The average molecular weight is 399 g/mol. The predicted octanol–water partition coefficient (Wildman–Crippen LogP) is 2.84. The van der Waals surface area contributed by atoms with Crippen LogP contribution in [0.3, 0.4) is 0 Å². The van der Waals surface area contributed by atoms with Crippen LogP contribution >= 0.6 is 11.6 Å². The van der Waals surface area contributed by atoms with Gasteiger partial charge >= 0.3 is 0 Å². The van der Waals surface area contributed by atoms with Crippen molar-refractivity contribution in [3.05, 3.63) is 53.6 Å². The van der Waals surface area contributed by atoms with Crippen molar-refractivity contribution in [1.82, 2.24) is 4.90 Å². The van der Waals surface area contributed by atoms with Crippen LogP contribution in [0.1, 0.15) is 6.92 Å². The third-order valence-electron chi connectivity index (χ3n) is 5.45. The first-order valence-electron chi connectivity index (χ1n) is 9.48. The molecule has 4 rings (SSSR count). The fourth-order valence-corrected chi connectivity index (χ4v) is 4.13. The minimum atomic E-state index is -0.299. The molecule has 0 spiro atoms. The number of piperazine rings is 1. The van der Waals surface area contributed by atoms with E-state index in [1.165, 1.54) is 0 Å². The van der Waals surface area contributed by atoms with Crippen LogP contribution in [0.25, 0.3) is 0 Å². The maximum absolute atomic E-state index is 13.2. The number of anilines is 3. The van der Waals surface area contributed by atoms with E-state index in [1.807, 2.05) is 55.5 Å². The van der Waals surface area contributed by atoms with Gasteiger partial charge in [0.15, 0.2) is 0 Å². The third kappa shape index (κ3) is 3.57. The summed E-state index contributed by atoms with van der Waals surface area (Å²) in [5.41, 5.74) is 2.47. The first kappa shape index (κ1) is 18.8. The summed E-state index contributed by atoms with van der Waals surface area (Å²) in [6, 6.07) is 15.0. The second-order valence-corrected chi connectivity index (χ2v) is 7.55. The lowest BCUT2D eigenvalue weighted by Gasteiger charge is -2.40. The highest BCUT2D eigenvalue weighted by molar-refractivity contribution is 6.33. The molecule has 7 heteroatoms. The van der Waals surface area contributed by atoms with Crippen molar-refractivity contribution in [3.8, 4) is 0 Å². The highest BCUT2D eigenvalue weighted by Gasteiger charge is 2.33. The van der Waals surface area contributed by atoms with Gasteiger partial charge < -0.3 is 10.2 Å². The number of fused-ring (bicyclic) bond motifs is 1. The van der Waals surface area contributed by atoms with Gasteiger partial charge in [0, 0.05) is 26.2 Å². The molecule has 0 radical (unpaired) electrons. The van der Waals surface area contributed by atoms with Crippen LogP contribution in [0.15, 0.2) is 48.5 Å². The topological polar surface area (TPSA) is 55.9 Å². The Balaban J connectivity index is 1.44. The monoisotopic (exact) mass is 398 g/mol. The van der Waals surface area contributed by atoms with E-state index in [0.717, 1.165) is 42.6 Å². The van der Waals surface area contributed by atoms with Crippen molar-refractivity contribution in [2.24, 2.45) is 0 Å². The number of hydrogen-bond donors (Lipinski definition) is 1. The first-order valence-corrected chi connectivity index (χ1v) is 9.86. The van der Waals surface area contributed by atoms with Gasteiger partial charge in [0.2, 0.25) is 11.8 Å². The molecular formula is C21H23ClN4O2. The summed E-state index contributed by atoms with van der Waals surface area (Å²) < 4.78 is 0. The van der Waals surface area contributed by atoms with Gasteiger partial charge in [-0.25, -0.2) is 0 Å². The third-order valence-corrected chi connectivity index (χ3v) is 5.77. The highest BCUT2D eigenvalue weighted by atomic mass is 35.5. The number of amides is 2. The van der Waals surface area contributed by atoms with E-state index in [1.54, 1.807) is 4.90 Å². The molecule has 2 aromatic carbocycles. The van der Waals surface area contributed by atoms with Gasteiger partial charge in [-0.1, -0.05) is 35.9 Å². The summed E-state index contributed by atoms with van der Waals surface area (Å²) >= 11 is 6.32. The Morgan fingerprint density at radius 2 is 1.64 bits per heavy atom. The summed E-state index contributed by atoms with van der Waals surface area (Å²) in [5, 5.41) is 3.57. The molecule has 2 aromatic rings. The van der Waals surface area contributed by atoms with E-state index in [-0.39, 0.29) is 24.4 Å². The number of nitrogens with one attached hydrogen (secondary N) is 1. The van der Waals surface area contributed by atoms with Crippen LogP contribution in [0.4, 0.5) is 17.1 Å². The lowest BCUT2D eigenvalue weighted by molar-refractivity contribution is -0.125. The number of para-hydroxylation sites is 3. The molecule has 2 heterocycles. The molecule has 0 saturated carbocycles. The minimum absolute atomic E-state index is 0.0477. The van der Waals surface area contributed by atoms with Gasteiger partial charge in [-0.3, -0.25) is 19.4 Å². The van der Waals surface area contributed by atoms with Crippen molar-refractivity contribution in [3.63, 3.8) is 0 Å². The van der Waals surface area contributed by atoms with E-state index in [0.29, 0.717) is 5.69 Å². The molecular weight excluding hydrogens is 376 g/mol. The highest BCUT2D eigenvalue weighted by Crippen LogP contribution is 2.30. The molecule has 0 bridgehead atoms. The number of benzene rings is 2. The molecule has 6 nitrogen and oxygen atoms in total. The van der Waals surface area contributed by atoms with Gasteiger partial charge in [0.1, 0.15) is 6.54 Å². The Labute approximate surface area is 169 Å². The average Bonchev–Trinajstić information content (AvgIpc) is 2.72. The Hall–Kier alpha value is -2.57. The molecule has 0 aliphatic carbocycles. The number of halogens is 1. The molecule has 1 atom stereocenters. The largest absolute Gasteiger partial charge is 0.368 e. The van der Waals surface area contributed by atoms with Crippen molar-refractivity contribution < 1.29 is 9.59 Å². The SMILES string of the molecule is C[C@H](C(=O)N1CC(=O)Nc2ccccc21)N1CCN(c2ccccc2Cl)CC1. The maximum atomic E-state index is 13.2. The van der Waals surface area contributed by atoms with E-state index < -0.39 is 0 Å². The summed E-state index contributed by atoms with van der Waals surface area (Å²) in [6.07, 6.45) is 0. The maximum Gasteiger partial charge on any atom is 0.244 e. The molecule has 2 aliphatic heterocycles. The zero-order valence-electron chi connectivity index (χ0n) is 15.8. The zero-order chi connectivity index (χ0) is 19.7. The lowest BCUT2D eigenvalue weighted by atomic mass is 10.1. The Kier molecular flexibility index (Phi) is 5.24. The number of hydrogen-bond acceptors (Lipinski definition) is 4. The van der Waals surface area contributed by atoms with Crippen molar-refractivity contribution in [2.75, 3.05) is 47.8 Å². The molecule has 146 valence electrons. The molecule has 2 amide bonds. The van der Waals surface area contributed by atoms with Gasteiger partial charge in [-0.05, 0) is 31.2 Å². The van der Waals surface area contributed by atoms with Gasteiger partial charge in [0.25, 0.3) is 0 Å². The molecule has 1 saturated heterocycles. The Morgan fingerprint density at radius 3 is 2.36 bits per heavy atom. The molecule has 2 aliphatic rings. The lowest BCUT2D eigenvalue weighted by Crippen LogP contribution is -2.56. The second kappa shape index (κ2) is 7.81. The summed E-state index contributed by atoms with van der Waals surface area (Å²) in [7, 11) is 0. The van der Waals surface area contributed by atoms with E-state index >= 15 is 0 Å². The van der Waals surface area contributed by atoms with Crippen LogP contribution < -0.4 is 15.1 Å². The molecule has 1 fully saturated rings. The summed E-state index contributed by atoms with van der Waals surface area (Å²) in [4.78, 5) is 31.2. The fraction of sp³-hybridized carbons (Fsp3) is 0.333. The van der Waals surface area contributed by atoms with Crippen LogP contribution in [0.2, 0.25) is 5.02 Å². The van der Waals surface area contributed by atoms with Gasteiger partial charge in [-0.15, -0.1) is 0 Å². The van der Waals surface area contributed by atoms with Crippen molar-refractivity contribution >= 4 is 40.5 Å². The molecule has 0 aromatic heterocycles. The molecule has 0 unspecified atom stereocenters. The van der Waals surface area contributed by atoms with E-state index in [2.05, 4.69) is 15.1 Å². The fourth-order valence-electron chi connectivity index (χ4n) is 3.87. The van der Waals surface area contributed by atoms with Gasteiger partial charge in [-0.2, -0.15) is 0 Å². The summed E-state index contributed by atoms with van der Waals surface area (Å²) in [5.74, 6) is -0.212. The quantitative estimate of drug-likeness (QED) is 0.863. The number of carbonyl (C=O) groups is 2.